The number of nitrogens with one attached hydrogen (secondary N) is 2. The molecule has 0 fully saturated rings. The van der Waals surface area contributed by atoms with Crippen molar-refractivity contribution < 1.29 is 19.2 Å². The van der Waals surface area contributed by atoms with Crippen molar-refractivity contribution in [3.8, 4) is 0 Å². The molecule has 0 saturated carbocycles. The Morgan fingerprint density at radius 2 is 2.17 bits per heavy atom. The summed E-state index contributed by atoms with van der Waals surface area (Å²) in [5.74, 6) is -1.07. The standard InChI is InChI=1S/C11H17N3O4/c1-11(2,3)8(9(15)16)13-10(17)12-6-7-4-5-18-14-7/h4-5,8H,6H2,1-3H3,(H,15,16)(H2,12,13,17)/t8-/m0/s1. The van der Waals surface area contributed by atoms with Crippen LogP contribution in [-0.2, 0) is 11.3 Å². The van der Waals surface area contributed by atoms with Crippen LogP contribution in [0.3, 0.4) is 0 Å². The molecule has 0 bridgehead atoms. The van der Waals surface area contributed by atoms with E-state index in [2.05, 4.69) is 20.3 Å². The molecule has 0 aliphatic carbocycles. The largest absolute Gasteiger partial charge is 0.480 e. The molecule has 0 aliphatic rings. The topological polar surface area (TPSA) is 104 Å². The van der Waals surface area contributed by atoms with E-state index in [0.717, 1.165) is 0 Å². The molecule has 3 N–H and O–H groups in total. The van der Waals surface area contributed by atoms with Gasteiger partial charge in [-0.25, -0.2) is 9.59 Å². The van der Waals surface area contributed by atoms with Gasteiger partial charge in [0, 0.05) is 6.07 Å². The molecule has 100 valence electrons. The fourth-order valence-electron chi connectivity index (χ4n) is 1.33. The first kappa shape index (κ1) is 14.0. The average molecular weight is 255 g/mol. The lowest BCUT2D eigenvalue weighted by Gasteiger charge is -2.27. The van der Waals surface area contributed by atoms with Gasteiger partial charge in [-0.15, -0.1) is 0 Å². The second kappa shape index (κ2) is 5.52. The summed E-state index contributed by atoms with van der Waals surface area (Å²) in [4.78, 5) is 22.6. The number of carbonyl (C=O) groups is 2. The normalized spacial score (nSPS) is 12.8. The molecule has 18 heavy (non-hydrogen) atoms. The van der Waals surface area contributed by atoms with Crippen molar-refractivity contribution in [2.24, 2.45) is 5.41 Å². The number of aliphatic carboxylic acids is 1. The molecule has 1 aromatic rings. The maximum atomic E-state index is 11.6. The van der Waals surface area contributed by atoms with E-state index in [4.69, 9.17) is 5.11 Å². The van der Waals surface area contributed by atoms with Crippen LogP contribution in [0.25, 0.3) is 0 Å². The molecule has 1 atom stereocenters. The molecule has 1 heterocycles. The molecule has 0 aromatic carbocycles. The van der Waals surface area contributed by atoms with Crippen LogP contribution in [0.4, 0.5) is 4.79 Å². The van der Waals surface area contributed by atoms with Gasteiger partial charge in [0.15, 0.2) is 0 Å². The summed E-state index contributed by atoms with van der Waals surface area (Å²) < 4.78 is 4.60. The van der Waals surface area contributed by atoms with Gasteiger partial charge in [0.1, 0.15) is 18.0 Å². The van der Waals surface area contributed by atoms with Gasteiger partial charge in [-0.3, -0.25) is 0 Å². The van der Waals surface area contributed by atoms with Crippen molar-refractivity contribution in [1.29, 1.82) is 0 Å². The van der Waals surface area contributed by atoms with Crippen molar-refractivity contribution in [3.63, 3.8) is 0 Å². The Balaban J connectivity index is 2.49. The highest BCUT2D eigenvalue weighted by atomic mass is 16.5. The maximum Gasteiger partial charge on any atom is 0.326 e. The van der Waals surface area contributed by atoms with Gasteiger partial charge in [-0.05, 0) is 5.41 Å². The van der Waals surface area contributed by atoms with E-state index >= 15 is 0 Å². The minimum absolute atomic E-state index is 0.179. The predicted molar refractivity (Wildman–Crippen MR) is 62.8 cm³/mol. The van der Waals surface area contributed by atoms with E-state index in [1.54, 1.807) is 26.8 Å². The highest BCUT2D eigenvalue weighted by Gasteiger charge is 2.32. The Morgan fingerprint density at radius 3 is 2.61 bits per heavy atom. The second-order valence-electron chi connectivity index (χ2n) is 4.96. The lowest BCUT2D eigenvalue weighted by atomic mass is 9.87. The van der Waals surface area contributed by atoms with Crippen molar-refractivity contribution in [2.75, 3.05) is 0 Å². The smallest absolute Gasteiger partial charge is 0.326 e. The molecule has 1 aromatic heterocycles. The third kappa shape index (κ3) is 4.08. The second-order valence-corrected chi connectivity index (χ2v) is 4.96. The summed E-state index contributed by atoms with van der Waals surface area (Å²) in [6.07, 6.45) is 1.39. The molecular formula is C11H17N3O4. The van der Waals surface area contributed by atoms with Gasteiger partial charge in [0.2, 0.25) is 0 Å². The zero-order valence-corrected chi connectivity index (χ0v) is 10.6. The molecule has 0 saturated heterocycles. The Kier molecular flexibility index (Phi) is 4.30. The van der Waals surface area contributed by atoms with Crippen LogP contribution < -0.4 is 10.6 Å². The molecule has 7 nitrogen and oxygen atoms in total. The number of amides is 2. The zero-order chi connectivity index (χ0) is 13.8. The van der Waals surface area contributed by atoms with E-state index in [0.29, 0.717) is 5.69 Å². The number of nitrogens with zero attached hydrogens (tertiary/aromatic N) is 1. The Labute approximate surface area is 105 Å². The third-order valence-electron chi connectivity index (χ3n) is 2.31. The number of carboxylic acids is 1. The number of hydrogen-bond acceptors (Lipinski definition) is 4. The molecular weight excluding hydrogens is 238 g/mol. The molecule has 2 amide bonds. The molecule has 7 heteroatoms. The van der Waals surface area contributed by atoms with Crippen LogP contribution in [-0.4, -0.2) is 28.3 Å². The minimum atomic E-state index is -1.07. The van der Waals surface area contributed by atoms with Gasteiger partial charge in [-0.1, -0.05) is 25.9 Å². The number of aromatic nitrogens is 1. The van der Waals surface area contributed by atoms with Crippen LogP contribution in [0.2, 0.25) is 0 Å². The van der Waals surface area contributed by atoms with Crippen LogP contribution in [0.1, 0.15) is 26.5 Å². The van der Waals surface area contributed by atoms with Gasteiger partial charge in [-0.2, -0.15) is 0 Å². The van der Waals surface area contributed by atoms with E-state index in [1.807, 2.05) is 0 Å². The molecule has 0 unspecified atom stereocenters. The third-order valence-corrected chi connectivity index (χ3v) is 2.31. The number of rotatable bonds is 4. The van der Waals surface area contributed by atoms with Crippen molar-refractivity contribution >= 4 is 12.0 Å². The zero-order valence-electron chi connectivity index (χ0n) is 10.6. The first-order valence-electron chi connectivity index (χ1n) is 5.47. The fraction of sp³-hybridized carbons (Fsp3) is 0.545. The lowest BCUT2D eigenvalue weighted by molar-refractivity contribution is -0.141. The highest BCUT2D eigenvalue weighted by molar-refractivity contribution is 5.83. The number of urea groups is 1. The SMILES string of the molecule is CC(C)(C)[C@@H](NC(=O)NCc1ccon1)C(=O)O. The quantitative estimate of drug-likeness (QED) is 0.743. The van der Waals surface area contributed by atoms with E-state index in [9.17, 15) is 9.59 Å². The number of carboxylic acid groups (broad SMARTS) is 1. The van der Waals surface area contributed by atoms with Crippen LogP contribution in [0.5, 0.6) is 0 Å². The molecule has 0 radical (unpaired) electrons. The predicted octanol–water partition coefficient (Wildman–Crippen LogP) is 0.973. The monoisotopic (exact) mass is 255 g/mol. The molecule has 0 spiro atoms. The van der Waals surface area contributed by atoms with Crippen LogP contribution >= 0.6 is 0 Å². The van der Waals surface area contributed by atoms with E-state index in [-0.39, 0.29) is 6.54 Å². The molecule has 0 aliphatic heterocycles. The first-order chi connectivity index (χ1) is 8.30. The van der Waals surface area contributed by atoms with Crippen molar-refractivity contribution in [3.05, 3.63) is 18.0 Å². The van der Waals surface area contributed by atoms with Crippen LogP contribution in [0.15, 0.2) is 16.9 Å². The van der Waals surface area contributed by atoms with E-state index < -0.39 is 23.5 Å². The lowest BCUT2D eigenvalue weighted by Crippen LogP contribution is -2.52. The number of hydrogen-bond donors (Lipinski definition) is 3. The highest BCUT2D eigenvalue weighted by Crippen LogP contribution is 2.19. The maximum absolute atomic E-state index is 11.6. The summed E-state index contributed by atoms with van der Waals surface area (Å²) in [7, 11) is 0. The summed E-state index contributed by atoms with van der Waals surface area (Å²) in [5, 5.41) is 17.6. The van der Waals surface area contributed by atoms with Gasteiger partial charge >= 0.3 is 12.0 Å². The van der Waals surface area contributed by atoms with Gasteiger partial charge in [0.05, 0.1) is 6.54 Å². The Bertz CT molecular complexity index is 408. The first-order valence-corrected chi connectivity index (χ1v) is 5.47. The van der Waals surface area contributed by atoms with Crippen LogP contribution in [0, 0.1) is 5.41 Å². The van der Waals surface area contributed by atoms with E-state index in [1.165, 1.54) is 6.26 Å². The number of carbonyl (C=O) groups excluding carboxylic acids is 1. The Hall–Kier alpha value is -2.05. The summed E-state index contributed by atoms with van der Waals surface area (Å²) >= 11 is 0. The van der Waals surface area contributed by atoms with Crippen molar-refractivity contribution in [1.82, 2.24) is 15.8 Å². The fourth-order valence-corrected chi connectivity index (χ4v) is 1.33. The summed E-state index contributed by atoms with van der Waals surface area (Å²) in [6, 6.07) is 0.0914. The summed E-state index contributed by atoms with van der Waals surface area (Å²) in [6.45, 7) is 5.40. The average Bonchev–Trinajstić information content (AvgIpc) is 2.73. The van der Waals surface area contributed by atoms with Gasteiger partial charge < -0.3 is 20.3 Å². The Morgan fingerprint density at radius 1 is 1.50 bits per heavy atom. The molecule has 1 rings (SSSR count). The summed E-state index contributed by atoms with van der Waals surface area (Å²) in [5.41, 5.74) is -0.00959. The minimum Gasteiger partial charge on any atom is -0.480 e. The van der Waals surface area contributed by atoms with Crippen molar-refractivity contribution in [2.45, 2.75) is 33.4 Å². The van der Waals surface area contributed by atoms with Gasteiger partial charge in [0.25, 0.3) is 0 Å².